The third-order valence-corrected chi connectivity index (χ3v) is 5.40. The molecule has 0 saturated carbocycles. The van der Waals surface area contributed by atoms with Crippen LogP contribution in [0.25, 0.3) is 5.76 Å². The van der Waals surface area contributed by atoms with Gasteiger partial charge in [-0.2, -0.15) is 0 Å². The molecule has 0 aliphatic carbocycles. The summed E-state index contributed by atoms with van der Waals surface area (Å²) in [5.41, 5.74) is 0.684. The van der Waals surface area contributed by atoms with Gasteiger partial charge in [0.15, 0.2) is 11.6 Å². The van der Waals surface area contributed by atoms with E-state index in [2.05, 4.69) is 0 Å². The highest BCUT2D eigenvalue weighted by atomic mass is 19.1. The number of ketones is 1. The van der Waals surface area contributed by atoms with Crippen molar-refractivity contribution >= 4 is 23.4 Å². The van der Waals surface area contributed by atoms with E-state index in [0.717, 1.165) is 6.07 Å². The van der Waals surface area contributed by atoms with Crippen LogP contribution in [-0.4, -0.2) is 74.0 Å². The molecular formula is C24H25FN2O6. The molecule has 0 spiro atoms. The smallest absolute Gasteiger partial charge is 0.337 e. The van der Waals surface area contributed by atoms with Crippen molar-refractivity contribution in [2.75, 3.05) is 41.4 Å². The maximum atomic E-state index is 14.3. The lowest BCUT2D eigenvalue weighted by atomic mass is 9.94. The van der Waals surface area contributed by atoms with Crippen molar-refractivity contribution in [3.05, 3.63) is 70.5 Å². The number of aliphatic hydroxyl groups is 1. The molecule has 1 aliphatic heterocycles. The molecule has 1 aliphatic rings. The van der Waals surface area contributed by atoms with Gasteiger partial charge in [0.2, 0.25) is 0 Å². The number of ether oxygens (including phenoxy) is 2. The van der Waals surface area contributed by atoms with Crippen LogP contribution in [0.5, 0.6) is 5.75 Å². The van der Waals surface area contributed by atoms with Crippen molar-refractivity contribution in [1.82, 2.24) is 9.80 Å². The van der Waals surface area contributed by atoms with Crippen LogP contribution >= 0.6 is 0 Å². The van der Waals surface area contributed by atoms with Gasteiger partial charge in [0.25, 0.3) is 11.7 Å². The number of rotatable bonds is 7. The molecule has 1 N–H and O–H groups in total. The number of esters is 1. The molecule has 3 rings (SSSR count). The summed E-state index contributed by atoms with van der Waals surface area (Å²) >= 11 is 0. The number of hydrogen-bond acceptors (Lipinski definition) is 7. The molecule has 1 atom stereocenters. The van der Waals surface area contributed by atoms with Crippen LogP contribution in [0.1, 0.15) is 27.5 Å². The van der Waals surface area contributed by atoms with E-state index in [1.165, 1.54) is 43.4 Å². The third-order valence-electron chi connectivity index (χ3n) is 5.40. The summed E-state index contributed by atoms with van der Waals surface area (Å²) in [7, 11) is 6.24. The molecule has 0 unspecified atom stereocenters. The molecule has 1 saturated heterocycles. The van der Waals surface area contributed by atoms with Gasteiger partial charge in [-0.25, -0.2) is 9.18 Å². The number of benzene rings is 2. The number of amides is 1. The normalized spacial score (nSPS) is 17.5. The van der Waals surface area contributed by atoms with Gasteiger partial charge in [-0.1, -0.05) is 12.1 Å². The predicted octanol–water partition coefficient (Wildman–Crippen LogP) is 2.60. The fourth-order valence-corrected chi connectivity index (χ4v) is 3.65. The van der Waals surface area contributed by atoms with E-state index in [-0.39, 0.29) is 23.4 Å². The molecule has 0 aromatic heterocycles. The van der Waals surface area contributed by atoms with Crippen molar-refractivity contribution in [3.8, 4) is 5.75 Å². The average molecular weight is 456 g/mol. The van der Waals surface area contributed by atoms with E-state index in [9.17, 15) is 23.9 Å². The summed E-state index contributed by atoms with van der Waals surface area (Å²) in [6.45, 7) is 0.690. The Morgan fingerprint density at radius 3 is 2.27 bits per heavy atom. The standard InChI is InChI=1S/C24H25FN2O6/c1-26(2)11-12-27-20(14-5-7-15(8-6-14)24(31)33-4)19(22(29)23(27)30)21(28)16-9-10-18(32-3)17(25)13-16/h5-10,13,20,28H,11-12H2,1-4H3/t20-/m1/s1. The van der Waals surface area contributed by atoms with Gasteiger partial charge in [0.05, 0.1) is 31.4 Å². The Hall–Kier alpha value is -3.72. The highest BCUT2D eigenvalue weighted by molar-refractivity contribution is 6.46. The number of carbonyl (C=O) groups excluding carboxylic acids is 3. The summed E-state index contributed by atoms with van der Waals surface area (Å²) in [5.74, 6) is -3.41. The molecule has 1 fully saturated rings. The zero-order valence-electron chi connectivity index (χ0n) is 18.8. The first-order chi connectivity index (χ1) is 15.7. The second-order valence-electron chi connectivity index (χ2n) is 7.76. The van der Waals surface area contributed by atoms with E-state index in [4.69, 9.17) is 9.47 Å². The topological polar surface area (TPSA) is 96.4 Å². The summed E-state index contributed by atoms with van der Waals surface area (Å²) in [6.07, 6.45) is 0. The number of likely N-dealkylation sites (N-methyl/N-ethyl adjacent to an activating group) is 1. The van der Waals surface area contributed by atoms with Crippen molar-refractivity contribution in [3.63, 3.8) is 0 Å². The van der Waals surface area contributed by atoms with Crippen LogP contribution in [0.2, 0.25) is 0 Å². The van der Waals surface area contributed by atoms with E-state index in [1.54, 1.807) is 12.1 Å². The van der Waals surface area contributed by atoms with Gasteiger partial charge in [0, 0.05) is 18.7 Å². The molecule has 9 heteroatoms. The number of halogens is 1. The Kier molecular flexibility index (Phi) is 7.13. The summed E-state index contributed by atoms with van der Waals surface area (Å²) < 4.78 is 23.9. The second kappa shape index (κ2) is 9.83. The van der Waals surface area contributed by atoms with Crippen molar-refractivity contribution in [1.29, 1.82) is 0 Å². The van der Waals surface area contributed by atoms with E-state index in [1.807, 2.05) is 19.0 Å². The number of carbonyl (C=O) groups is 3. The number of Topliss-reactive ketones (excluding diaryl/α,β-unsaturated/α-hetero) is 1. The first-order valence-electron chi connectivity index (χ1n) is 10.1. The molecule has 174 valence electrons. The van der Waals surface area contributed by atoms with Crippen LogP contribution in [0, 0.1) is 5.82 Å². The Morgan fingerprint density at radius 2 is 1.73 bits per heavy atom. The minimum Gasteiger partial charge on any atom is -0.507 e. The Bertz CT molecular complexity index is 1110. The third kappa shape index (κ3) is 4.73. The first-order valence-corrected chi connectivity index (χ1v) is 10.1. The fraction of sp³-hybridized carbons (Fsp3) is 0.292. The number of aliphatic hydroxyl groups excluding tert-OH is 1. The number of likely N-dealkylation sites (tertiary alicyclic amines) is 1. The minimum atomic E-state index is -0.915. The van der Waals surface area contributed by atoms with Gasteiger partial charge < -0.3 is 24.4 Å². The van der Waals surface area contributed by atoms with Crippen LogP contribution in [0.15, 0.2) is 48.0 Å². The number of nitrogens with zero attached hydrogens (tertiary/aromatic N) is 2. The monoisotopic (exact) mass is 456 g/mol. The Labute approximate surface area is 190 Å². The quantitative estimate of drug-likeness (QED) is 0.296. The summed E-state index contributed by atoms with van der Waals surface area (Å²) in [6, 6.07) is 9.07. The molecule has 0 bridgehead atoms. The van der Waals surface area contributed by atoms with Gasteiger partial charge in [0.1, 0.15) is 5.76 Å². The average Bonchev–Trinajstić information content (AvgIpc) is 3.06. The van der Waals surface area contributed by atoms with Crippen LogP contribution < -0.4 is 4.74 Å². The molecular weight excluding hydrogens is 431 g/mol. The highest BCUT2D eigenvalue weighted by Gasteiger charge is 2.46. The van der Waals surface area contributed by atoms with Crippen LogP contribution in [-0.2, 0) is 14.3 Å². The molecule has 2 aromatic carbocycles. The lowest BCUT2D eigenvalue weighted by molar-refractivity contribution is -0.140. The lowest BCUT2D eigenvalue weighted by Gasteiger charge is -2.26. The van der Waals surface area contributed by atoms with Gasteiger partial charge in [-0.3, -0.25) is 9.59 Å². The molecule has 8 nitrogen and oxygen atoms in total. The molecule has 33 heavy (non-hydrogen) atoms. The molecule has 1 heterocycles. The molecule has 1 amide bonds. The highest BCUT2D eigenvalue weighted by Crippen LogP contribution is 2.39. The maximum Gasteiger partial charge on any atom is 0.337 e. The zero-order chi connectivity index (χ0) is 24.3. The minimum absolute atomic E-state index is 0.0204. The van der Waals surface area contributed by atoms with E-state index in [0.29, 0.717) is 17.7 Å². The van der Waals surface area contributed by atoms with Gasteiger partial charge in [-0.05, 0) is 50.0 Å². The number of hydrogen-bond donors (Lipinski definition) is 1. The van der Waals surface area contributed by atoms with Crippen LogP contribution in [0.4, 0.5) is 4.39 Å². The van der Waals surface area contributed by atoms with E-state index >= 15 is 0 Å². The maximum absolute atomic E-state index is 14.3. The summed E-state index contributed by atoms with van der Waals surface area (Å²) in [5, 5.41) is 11.0. The number of methoxy groups -OCH3 is 2. The summed E-state index contributed by atoms with van der Waals surface area (Å²) in [4.78, 5) is 40.9. The largest absolute Gasteiger partial charge is 0.507 e. The van der Waals surface area contributed by atoms with Crippen molar-refractivity contribution < 1.29 is 33.4 Å². The SMILES string of the molecule is COC(=O)c1ccc([C@@H]2C(=C(O)c3ccc(OC)c(F)c3)C(=O)C(=O)N2CCN(C)C)cc1. The van der Waals surface area contributed by atoms with Crippen molar-refractivity contribution in [2.24, 2.45) is 0 Å². The van der Waals surface area contributed by atoms with E-state index < -0.39 is 35.3 Å². The zero-order valence-corrected chi connectivity index (χ0v) is 18.8. The molecule has 2 aromatic rings. The predicted molar refractivity (Wildman–Crippen MR) is 118 cm³/mol. The lowest BCUT2D eigenvalue weighted by Crippen LogP contribution is -2.35. The Morgan fingerprint density at radius 1 is 1.09 bits per heavy atom. The van der Waals surface area contributed by atoms with Crippen molar-refractivity contribution in [2.45, 2.75) is 6.04 Å². The second-order valence-corrected chi connectivity index (χ2v) is 7.76. The van der Waals surface area contributed by atoms with Crippen LogP contribution in [0.3, 0.4) is 0 Å². The van der Waals surface area contributed by atoms with Gasteiger partial charge >= 0.3 is 5.97 Å². The first kappa shape index (κ1) is 23.9. The van der Waals surface area contributed by atoms with Gasteiger partial charge in [-0.15, -0.1) is 0 Å². The fourth-order valence-electron chi connectivity index (χ4n) is 3.65. The molecule has 0 radical (unpaired) electrons. The Balaban J connectivity index is 2.14.